The summed E-state index contributed by atoms with van der Waals surface area (Å²) in [5.74, 6) is 0.996. The molecule has 5 nitrogen and oxygen atoms in total. The van der Waals surface area contributed by atoms with Crippen LogP contribution < -0.4 is 0 Å². The minimum atomic E-state index is -0.371. The number of aliphatic hydroxyl groups is 1. The second-order valence-electron chi connectivity index (χ2n) is 9.99. The summed E-state index contributed by atoms with van der Waals surface area (Å²) in [4.78, 5) is 36.4. The molecule has 0 heterocycles. The smallest absolute Gasteiger partial charge is 0.303 e. The number of ether oxygens (including phenoxy) is 1. The third-order valence-corrected chi connectivity index (χ3v) is 8.81. The van der Waals surface area contributed by atoms with Crippen molar-refractivity contribution < 1.29 is 24.2 Å². The number of ketones is 2. The van der Waals surface area contributed by atoms with Crippen LogP contribution >= 0.6 is 0 Å². The van der Waals surface area contributed by atoms with Crippen LogP contribution in [-0.4, -0.2) is 35.4 Å². The van der Waals surface area contributed by atoms with Gasteiger partial charge >= 0.3 is 5.97 Å². The van der Waals surface area contributed by atoms with E-state index in [0.29, 0.717) is 24.2 Å². The number of hydrogen-bond donors (Lipinski definition) is 1. The highest BCUT2D eigenvalue weighted by Crippen LogP contribution is 2.66. The number of carbonyl (C=O) groups is 3. The minimum Gasteiger partial charge on any atom is -0.458 e. The Morgan fingerprint density at radius 3 is 2.61 bits per heavy atom. The highest BCUT2D eigenvalue weighted by atomic mass is 16.5. The van der Waals surface area contributed by atoms with Crippen LogP contribution in [0.15, 0.2) is 11.6 Å². The standard InChI is InChI=1S/C23H32O5/c1-13(25)28-21-11-15-16-4-5-18(20(27)12-24)22(16,2)9-7-17(15)23(3)8-6-14(26)10-19(21)23/h10,15-18,21,24H,4-9,11-12H2,1-3H3. The number of esters is 1. The highest BCUT2D eigenvalue weighted by Gasteiger charge is 2.61. The van der Waals surface area contributed by atoms with Crippen LogP contribution in [0.2, 0.25) is 0 Å². The minimum absolute atomic E-state index is 0.0224. The zero-order chi connectivity index (χ0) is 20.3. The summed E-state index contributed by atoms with van der Waals surface area (Å²) in [5.41, 5.74) is 0.825. The Kier molecular flexibility index (Phi) is 4.80. The van der Waals surface area contributed by atoms with Gasteiger partial charge in [0.15, 0.2) is 11.6 Å². The first kappa shape index (κ1) is 19.8. The van der Waals surface area contributed by atoms with Crippen LogP contribution in [0.4, 0.5) is 0 Å². The molecule has 1 N–H and O–H groups in total. The van der Waals surface area contributed by atoms with Crippen LogP contribution in [0, 0.1) is 34.5 Å². The fraction of sp³-hybridized carbons (Fsp3) is 0.783. The van der Waals surface area contributed by atoms with Gasteiger partial charge in [-0.2, -0.15) is 0 Å². The number of fused-ring (bicyclic) bond motifs is 5. The lowest BCUT2D eigenvalue weighted by Gasteiger charge is -2.59. The van der Waals surface area contributed by atoms with Crippen molar-refractivity contribution in [2.24, 2.45) is 34.5 Å². The van der Waals surface area contributed by atoms with Crippen LogP contribution in [-0.2, 0) is 19.1 Å². The molecule has 0 spiro atoms. The molecule has 0 amide bonds. The van der Waals surface area contributed by atoms with Crippen molar-refractivity contribution in [1.29, 1.82) is 0 Å². The second-order valence-corrected chi connectivity index (χ2v) is 9.99. The third kappa shape index (κ3) is 2.80. The molecular formula is C23H32O5. The SMILES string of the molecule is CC(=O)OC1CC2C(CCC3(C)C(C(=O)CO)CCC23)C2(C)CCC(=O)C=C12. The molecule has 7 atom stereocenters. The van der Waals surface area contributed by atoms with Gasteiger partial charge in [0.2, 0.25) is 0 Å². The van der Waals surface area contributed by atoms with Crippen LogP contribution in [0.25, 0.3) is 0 Å². The topological polar surface area (TPSA) is 80.7 Å². The van der Waals surface area contributed by atoms with Gasteiger partial charge in [0.1, 0.15) is 12.7 Å². The molecule has 28 heavy (non-hydrogen) atoms. The van der Waals surface area contributed by atoms with Gasteiger partial charge in [-0.05, 0) is 78.8 Å². The molecule has 154 valence electrons. The van der Waals surface area contributed by atoms with Crippen molar-refractivity contribution in [2.75, 3.05) is 6.61 Å². The van der Waals surface area contributed by atoms with Crippen LogP contribution in [0.1, 0.15) is 65.7 Å². The van der Waals surface area contributed by atoms with E-state index in [2.05, 4.69) is 13.8 Å². The number of Topliss-reactive ketones (excluding diaryl/α,β-unsaturated/α-hetero) is 1. The van der Waals surface area contributed by atoms with Crippen molar-refractivity contribution in [2.45, 2.75) is 71.8 Å². The maximum atomic E-state index is 12.4. The van der Waals surface area contributed by atoms with Gasteiger partial charge in [0.05, 0.1) is 0 Å². The highest BCUT2D eigenvalue weighted by molar-refractivity contribution is 5.92. The molecule has 0 saturated heterocycles. The lowest BCUT2D eigenvalue weighted by molar-refractivity contribution is -0.153. The molecule has 4 rings (SSSR count). The molecule has 0 aliphatic heterocycles. The van der Waals surface area contributed by atoms with E-state index in [4.69, 9.17) is 4.74 Å². The number of aliphatic hydroxyl groups excluding tert-OH is 1. The summed E-state index contributed by atoms with van der Waals surface area (Å²) in [6, 6.07) is 0. The maximum Gasteiger partial charge on any atom is 0.303 e. The largest absolute Gasteiger partial charge is 0.458 e. The van der Waals surface area contributed by atoms with Gasteiger partial charge in [0, 0.05) is 19.3 Å². The molecule has 0 bridgehead atoms. The van der Waals surface area contributed by atoms with Crippen molar-refractivity contribution in [3.05, 3.63) is 11.6 Å². The van der Waals surface area contributed by atoms with Crippen LogP contribution in [0.3, 0.4) is 0 Å². The predicted octanol–water partition coefficient (Wildman–Crippen LogP) is 3.24. The summed E-state index contributed by atoms with van der Waals surface area (Å²) in [5, 5.41) is 9.45. The molecule has 0 aromatic rings. The Bertz CT molecular complexity index is 739. The number of carbonyl (C=O) groups excluding carboxylic acids is 3. The molecule has 3 saturated carbocycles. The summed E-state index contributed by atoms with van der Waals surface area (Å²) in [6.07, 6.45) is 7.42. The van der Waals surface area contributed by atoms with Crippen molar-refractivity contribution >= 4 is 17.5 Å². The zero-order valence-electron chi connectivity index (χ0n) is 17.2. The average Bonchev–Trinajstić information content (AvgIpc) is 2.99. The summed E-state index contributed by atoms with van der Waals surface area (Å²) in [6.45, 7) is 5.56. The van der Waals surface area contributed by atoms with E-state index in [0.717, 1.165) is 44.1 Å². The van der Waals surface area contributed by atoms with Crippen molar-refractivity contribution in [3.63, 3.8) is 0 Å². The van der Waals surface area contributed by atoms with Gasteiger partial charge < -0.3 is 9.84 Å². The first-order valence-corrected chi connectivity index (χ1v) is 10.8. The Balaban J connectivity index is 1.71. The Morgan fingerprint density at radius 2 is 1.93 bits per heavy atom. The molecule has 4 aliphatic rings. The predicted molar refractivity (Wildman–Crippen MR) is 103 cm³/mol. The molecule has 0 radical (unpaired) electrons. The molecule has 5 heteroatoms. The normalized spacial score (nSPS) is 44.8. The molecule has 4 aliphatic carbocycles. The number of rotatable bonds is 3. The summed E-state index contributed by atoms with van der Waals surface area (Å²) < 4.78 is 5.73. The molecule has 3 fully saturated rings. The van der Waals surface area contributed by atoms with E-state index in [-0.39, 0.29) is 47.0 Å². The van der Waals surface area contributed by atoms with Gasteiger partial charge in [-0.1, -0.05) is 13.8 Å². The van der Waals surface area contributed by atoms with Crippen molar-refractivity contribution in [1.82, 2.24) is 0 Å². The van der Waals surface area contributed by atoms with Gasteiger partial charge in [0.25, 0.3) is 0 Å². The Morgan fingerprint density at radius 1 is 1.18 bits per heavy atom. The van der Waals surface area contributed by atoms with E-state index < -0.39 is 0 Å². The average molecular weight is 389 g/mol. The van der Waals surface area contributed by atoms with Gasteiger partial charge in [-0.25, -0.2) is 0 Å². The quantitative estimate of drug-likeness (QED) is 0.751. The first-order chi connectivity index (χ1) is 13.2. The van der Waals surface area contributed by atoms with Gasteiger partial charge in [-0.15, -0.1) is 0 Å². The fourth-order valence-electron chi connectivity index (χ4n) is 7.53. The van der Waals surface area contributed by atoms with Gasteiger partial charge in [-0.3, -0.25) is 14.4 Å². The molecule has 0 aromatic heterocycles. The maximum absolute atomic E-state index is 12.4. The summed E-state index contributed by atoms with van der Waals surface area (Å²) >= 11 is 0. The summed E-state index contributed by atoms with van der Waals surface area (Å²) in [7, 11) is 0. The molecule has 7 unspecified atom stereocenters. The van der Waals surface area contributed by atoms with E-state index in [1.54, 1.807) is 6.08 Å². The Labute approximate surface area is 166 Å². The zero-order valence-corrected chi connectivity index (χ0v) is 17.2. The Hall–Kier alpha value is -1.49. The van der Waals surface area contributed by atoms with E-state index in [1.165, 1.54) is 6.92 Å². The van der Waals surface area contributed by atoms with Crippen molar-refractivity contribution in [3.8, 4) is 0 Å². The monoisotopic (exact) mass is 388 g/mol. The lowest BCUT2D eigenvalue weighted by Crippen LogP contribution is -2.55. The second kappa shape index (κ2) is 6.79. The number of hydrogen-bond acceptors (Lipinski definition) is 5. The first-order valence-electron chi connectivity index (χ1n) is 10.8. The third-order valence-electron chi connectivity index (χ3n) is 8.81. The molecular weight excluding hydrogens is 356 g/mol. The van der Waals surface area contributed by atoms with E-state index in [1.807, 2.05) is 0 Å². The van der Waals surface area contributed by atoms with E-state index in [9.17, 15) is 19.5 Å². The van der Waals surface area contributed by atoms with E-state index >= 15 is 0 Å². The lowest BCUT2D eigenvalue weighted by atomic mass is 9.46. The fourth-order valence-corrected chi connectivity index (χ4v) is 7.53. The van der Waals surface area contributed by atoms with Crippen LogP contribution in [0.5, 0.6) is 0 Å². The molecule has 0 aromatic carbocycles.